The Morgan fingerprint density at radius 1 is 1.53 bits per heavy atom. The summed E-state index contributed by atoms with van der Waals surface area (Å²) >= 11 is 6.97. The molecule has 0 aliphatic rings. The summed E-state index contributed by atoms with van der Waals surface area (Å²) in [6.45, 7) is 2.11. The van der Waals surface area contributed by atoms with Crippen molar-refractivity contribution in [2.45, 2.75) is 6.92 Å². The lowest BCUT2D eigenvalue weighted by atomic mass is 10.7. The van der Waals surface area contributed by atoms with Gasteiger partial charge in [0.05, 0.1) is 5.29 Å². The van der Waals surface area contributed by atoms with E-state index >= 15 is 0 Å². The van der Waals surface area contributed by atoms with Crippen LogP contribution in [0.5, 0.6) is 0 Å². The molecule has 1 aromatic rings. The molecule has 7 nitrogen and oxygen atoms in total. The van der Waals surface area contributed by atoms with Gasteiger partial charge in [0, 0.05) is 12.8 Å². The van der Waals surface area contributed by atoms with Crippen LogP contribution in [0.1, 0.15) is 6.92 Å². The number of aromatic nitrogens is 3. The fraction of sp³-hybridized carbons (Fsp3) is 0.500. The summed E-state index contributed by atoms with van der Waals surface area (Å²) in [6.07, 6.45) is 1.81. The number of anilines is 2. The molecule has 82 valence electrons. The predicted molar refractivity (Wildman–Crippen MR) is 60.8 cm³/mol. The van der Waals surface area contributed by atoms with Crippen LogP contribution in [-0.2, 0) is 0 Å². The first-order valence-electron chi connectivity index (χ1n) is 4.02. The minimum absolute atomic E-state index is 0.0126. The Balaban J connectivity index is 3.01. The van der Waals surface area contributed by atoms with Crippen LogP contribution in [0.3, 0.4) is 0 Å². The number of hydrogen-bond donors (Lipinski definition) is 1. The summed E-state index contributed by atoms with van der Waals surface area (Å²) < 4.78 is 2.79. The van der Waals surface area contributed by atoms with Crippen LogP contribution in [0.25, 0.3) is 0 Å². The van der Waals surface area contributed by atoms with Gasteiger partial charge in [0.15, 0.2) is 0 Å². The minimum atomic E-state index is 0.0126. The Kier molecular flexibility index (Phi) is 4.50. The van der Waals surface area contributed by atoms with E-state index in [4.69, 9.17) is 11.6 Å². The van der Waals surface area contributed by atoms with Crippen molar-refractivity contribution in [3.05, 3.63) is 10.2 Å². The lowest BCUT2D eigenvalue weighted by Crippen LogP contribution is -2.18. The van der Waals surface area contributed by atoms with E-state index in [1.165, 1.54) is 11.9 Å². The fourth-order valence-corrected chi connectivity index (χ4v) is 1.26. The summed E-state index contributed by atoms with van der Waals surface area (Å²) in [5.74, 6) is 0.420. The van der Waals surface area contributed by atoms with Crippen molar-refractivity contribution in [1.29, 1.82) is 0 Å². The van der Waals surface area contributed by atoms with Crippen molar-refractivity contribution in [3.63, 3.8) is 0 Å². The van der Waals surface area contributed by atoms with Crippen molar-refractivity contribution < 1.29 is 0 Å². The van der Waals surface area contributed by atoms with Gasteiger partial charge in [-0.3, -0.25) is 4.72 Å². The second-order valence-electron chi connectivity index (χ2n) is 2.33. The second-order valence-corrected chi connectivity index (χ2v) is 3.28. The molecule has 0 aliphatic carbocycles. The number of hydrogen-bond acceptors (Lipinski definition) is 7. The van der Waals surface area contributed by atoms with E-state index in [0.29, 0.717) is 12.5 Å². The predicted octanol–water partition coefficient (Wildman–Crippen LogP) is 1.72. The van der Waals surface area contributed by atoms with Gasteiger partial charge in [-0.05, 0) is 18.5 Å². The van der Waals surface area contributed by atoms with E-state index < -0.39 is 0 Å². The molecule has 0 radical (unpaired) electrons. The number of nitrogens with one attached hydrogen (secondary N) is 1. The Labute approximate surface area is 95.7 Å². The van der Waals surface area contributed by atoms with Crippen molar-refractivity contribution >= 4 is 35.4 Å². The van der Waals surface area contributed by atoms with E-state index in [-0.39, 0.29) is 11.2 Å². The highest BCUT2D eigenvalue weighted by Gasteiger charge is 2.11. The maximum absolute atomic E-state index is 10.4. The summed E-state index contributed by atoms with van der Waals surface area (Å²) in [4.78, 5) is 22.0. The molecule has 0 fully saturated rings. The highest BCUT2D eigenvalue weighted by atomic mass is 35.5. The molecule has 9 heteroatoms. The zero-order valence-corrected chi connectivity index (χ0v) is 9.71. The average molecular weight is 249 g/mol. The molecule has 0 aliphatic heterocycles. The van der Waals surface area contributed by atoms with E-state index in [9.17, 15) is 4.91 Å². The molecular formula is C6H9ClN6OS. The Morgan fingerprint density at radius 3 is 2.80 bits per heavy atom. The molecule has 1 rings (SSSR count). The largest absolute Gasteiger partial charge is 0.298 e. The summed E-state index contributed by atoms with van der Waals surface area (Å²) in [5, 5.41) is 3.85. The fourth-order valence-electron chi connectivity index (χ4n) is 0.828. The number of halogens is 1. The zero-order valence-electron chi connectivity index (χ0n) is 8.14. The first-order chi connectivity index (χ1) is 7.21. The van der Waals surface area contributed by atoms with Gasteiger partial charge >= 0.3 is 0 Å². The topological polar surface area (TPSA) is 83.4 Å². The van der Waals surface area contributed by atoms with Crippen LogP contribution in [0.15, 0.2) is 5.29 Å². The van der Waals surface area contributed by atoms with E-state index in [2.05, 4.69) is 25.0 Å². The second kappa shape index (κ2) is 5.66. The average Bonchev–Trinajstić information content (AvgIpc) is 2.19. The molecule has 1 N–H and O–H groups in total. The number of nitroso groups, excluding NO2 is 1. The minimum Gasteiger partial charge on any atom is -0.298 e. The van der Waals surface area contributed by atoms with Crippen molar-refractivity contribution in [2.75, 3.05) is 22.5 Å². The molecule has 0 spiro atoms. The lowest BCUT2D eigenvalue weighted by molar-refractivity contribution is 0.826. The monoisotopic (exact) mass is 248 g/mol. The zero-order chi connectivity index (χ0) is 11.3. The molecule has 0 saturated heterocycles. The summed E-state index contributed by atoms with van der Waals surface area (Å²) in [7, 11) is 0. The van der Waals surface area contributed by atoms with Gasteiger partial charge in [0.2, 0.25) is 11.2 Å². The molecule has 0 amide bonds. The summed E-state index contributed by atoms with van der Waals surface area (Å²) in [5.41, 5.74) is 0. The van der Waals surface area contributed by atoms with Crippen LogP contribution < -0.4 is 9.73 Å². The van der Waals surface area contributed by atoms with Gasteiger partial charge in [0.1, 0.15) is 0 Å². The Morgan fingerprint density at radius 2 is 2.27 bits per heavy atom. The highest BCUT2D eigenvalue weighted by Crippen LogP contribution is 2.15. The first-order valence-corrected chi connectivity index (χ1v) is 5.63. The van der Waals surface area contributed by atoms with E-state index in [1.54, 1.807) is 6.92 Å². The Bertz CT molecular complexity index is 350. The third-order valence-electron chi connectivity index (χ3n) is 1.42. The summed E-state index contributed by atoms with van der Waals surface area (Å²) in [6, 6.07) is 0. The Hall–Kier alpha value is -1.15. The van der Waals surface area contributed by atoms with Crippen LogP contribution in [0, 0.1) is 4.91 Å². The van der Waals surface area contributed by atoms with E-state index in [1.807, 2.05) is 6.26 Å². The molecule has 0 saturated carbocycles. The van der Waals surface area contributed by atoms with Crippen molar-refractivity contribution in [3.8, 4) is 0 Å². The van der Waals surface area contributed by atoms with Gasteiger partial charge in [-0.15, -0.1) is 4.91 Å². The maximum Gasteiger partial charge on any atom is 0.254 e. The van der Waals surface area contributed by atoms with Gasteiger partial charge in [-0.1, -0.05) is 11.9 Å². The van der Waals surface area contributed by atoms with Crippen LogP contribution in [0.2, 0.25) is 5.28 Å². The molecule has 1 heterocycles. The normalized spacial score (nSPS) is 9.80. The van der Waals surface area contributed by atoms with Gasteiger partial charge in [0.25, 0.3) is 5.95 Å². The lowest BCUT2D eigenvalue weighted by Gasteiger charge is -2.10. The quantitative estimate of drug-likeness (QED) is 0.483. The van der Waals surface area contributed by atoms with Crippen LogP contribution in [-0.4, -0.2) is 27.8 Å². The molecule has 15 heavy (non-hydrogen) atoms. The highest BCUT2D eigenvalue weighted by molar-refractivity contribution is 7.99. The van der Waals surface area contributed by atoms with E-state index in [0.717, 1.165) is 5.01 Å². The third kappa shape index (κ3) is 3.17. The number of rotatable bonds is 5. The molecular weight excluding hydrogens is 240 g/mol. The van der Waals surface area contributed by atoms with Crippen molar-refractivity contribution in [1.82, 2.24) is 15.0 Å². The molecule has 0 aromatic carbocycles. The van der Waals surface area contributed by atoms with Crippen LogP contribution >= 0.6 is 23.5 Å². The number of nitrogens with zero attached hydrogens (tertiary/aromatic N) is 5. The van der Waals surface area contributed by atoms with Gasteiger partial charge in [-0.25, -0.2) is 0 Å². The van der Waals surface area contributed by atoms with Gasteiger partial charge < -0.3 is 0 Å². The third-order valence-corrected chi connectivity index (χ3v) is 1.97. The SMILES string of the molecule is CCN(N=O)c1nc(Cl)nc(NSC)n1. The standard InChI is InChI=1S/C6H9ClN6OS/c1-3-13(12-14)6-9-4(7)8-5(10-6)11-15-2/h3H2,1-2H3,(H,8,9,10,11). The smallest absolute Gasteiger partial charge is 0.254 e. The van der Waals surface area contributed by atoms with Crippen LogP contribution in [0.4, 0.5) is 11.9 Å². The molecule has 0 bridgehead atoms. The molecule has 0 atom stereocenters. The van der Waals surface area contributed by atoms with Crippen molar-refractivity contribution in [2.24, 2.45) is 5.29 Å². The first kappa shape index (κ1) is 11.9. The molecule has 0 unspecified atom stereocenters. The maximum atomic E-state index is 10.4. The molecule has 1 aromatic heterocycles. The van der Waals surface area contributed by atoms with Gasteiger partial charge in [-0.2, -0.15) is 20.0 Å².